The number of anilines is 1. The summed E-state index contributed by atoms with van der Waals surface area (Å²) < 4.78 is 16.7. The summed E-state index contributed by atoms with van der Waals surface area (Å²) in [4.78, 5) is 0. The van der Waals surface area contributed by atoms with Gasteiger partial charge in [-0.3, -0.25) is 0 Å². The molecule has 9 heteroatoms. The lowest BCUT2D eigenvalue weighted by Gasteiger charge is -2.29. The van der Waals surface area contributed by atoms with Crippen molar-refractivity contribution in [3.05, 3.63) is 24.3 Å². The first-order valence-electron chi connectivity index (χ1n) is 12.6. The summed E-state index contributed by atoms with van der Waals surface area (Å²) in [6.07, 6.45) is 1.08. The van der Waals surface area contributed by atoms with Crippen LogP contribution in [-0.2, 0) is 9.47 Å². The van der Waals surface area contributed by atoms with Gasteiger partial charge in [-0.2, -0.15) is 0 Å². The van der Waals surface area contributed by atoms with Crippen molar-refractivity contribution in [2.75, 3.05) is 91.2 Å². The minimum atomic E-state index is 0.0855. The van der Waals surface area contributed by atoms with Gasteiger partial charge in [-0.1, -0.05) is 6.07 Å². The van der Waals surface area contributed by atoms with Crippen molar-refractivity contribution in [3.8, 4) is 5.75 Å². The first-order chi connectivity index (χ1) is 16.5. The van der Waals surface area contributed by atoms with Crippen LogP contribution < -0.4 is 37.1 Å². The average Bonchev–Trinajstić information content (AvgIpc) is 2.82. The van der Waals surface area contributed by atoms with Gasteiger partial charge >= 0.3 is 0 Å². The van der Waals surface area contributed by atoms with Gasteiger partial charge in [0.15, 0.2) is 0 Å². The van der Waals surface area contributed by atoms with Crippen LogP contribution in [0, 0.1) is 0 Å². The molecule has 9 nitrogen and oxygen atoms in total. The number of benzene rings is 1. The Bertz CT molecular complexity index is 606. The van der Waals surface area contributed by atoms with E-state index in [0.717, 1.165) is 57.1 Å². The molecule has 0 aliphatic rings. The van der Waals surface area contributed by atoms with E-state index in [-0.39, 0.29) is 5.54 Å². The Morgan fingerprint density at radius 1 is 0.941 bits per heavy atom. The van der Waals surface area contributed by atoms with Crippen molar-refractivity contribution in [3.63, 3.8) is 0 Å². The SMILES string of the molecule is CNCCNC(C)(C)CNC(C)CCNCCOc1cccc(NCCOCCOCCN)c1. The zero-order chi connectivity index (χ0) is 24.9. The van der Waals surface area contributed by atoms with E-state index < -0.39 is 0 Å². The predicted octanol–water partition coefficient (Wildman–Crippen LogP) is 1.01. The smallest absolute Gasteiger partial charge is 0.121 e. The second-order valence-electron chi connectivity index (χ2n) is 9.05. The van der Waals surface area contributed by atoms with Gasteiger partial charge in [-0.15, -0.1) is 0 Å². The second-order valence-corrected chi connectivity index (χ2v) is 9.05. The Balaban J connectivity index is 2.07. The number of hydrogen-bond donors (Lipinski definition) is 6. The van der Waals surface area contributed by atoms with Crippen LogP contribution in [0.3, 0.4) is 0 Å². The largest absolute Gasteiger partial charge is 0.492 e. The van der Waals surface area contributed by atoms with Crippen molar-refractivity contribution in [2.45, 2.75) is 38.8 Å². The maximum atomic E-state index is 5.89. The molecule has 198 valence electrons. The monoisotopic (exact) mass is 482 g/mol. The molecule has 0 saturated carbocycles. The molecule has 34 heavy (non-hydrogen) atoms. The zero-order valence-electron chi connectivity index (χ0n) is 21.9. The maximum Gasteiger partial charge on any atom is 0.121 e. The Morgan fingerprint density at radius 2 is 1.74 bits per heavy atom. The molecule has 0 amide bonds. The fraction of sp³-hybridized carbons (Fsp3) is 0.760. The molecule has 7 N–H and O–H groups in total. The molecule has 0 fully saturated rings. The summed E-state index contributed by atoms with van der Waals surface area (Å²) >= 11 is 0. The molecule has 0 aliphatic carbocycles. The van der Waals surface area contributed by atoms with Crippen LogP contribution in [-0.4, -0.2) is 97.5 Å². The van der Waals surface area contributed by atoms with Crippen LogP contribution in [0.15, 0.2) is 24.3 Å². The van der Waals surface area contributed by atoms with E-state index in [0.29, 0.717) is 45.6 Å². The molecular formula is C25H50N6O3. The van der Waals surface area contributed by atoms with Gasteiger partial charge in [0.1, 0.15) is 12.4 Å². The normalized spacial score (nSPS) is 12.6. The molecule has 0 heterocycles. The van der Waals surface area contributed by atoms with Crippen LogP contribution in [0.4, 0.5) is 5.69 Å². The highest BCUT2D eigenvalue weighted by Crippen LogP contribution is 2.16. The zero-order valence-corrected chi connectivity index (χ0v) is 21.9. The fourth-order valence-electron chi connectivity index (χ4n) is 3.17. The molecule has 1 atom stereocenters. The lowest BCUT2D eigenvalue weighted by atomic mass is 10.0. The second kappa shape index (κ2) is 19.8. The number of rotatable bonds is 23. The third kappa shape index (κ3) is 17.0. The van der Waals surface area contributed by atoms with E-state index in [1.807, 2.05) is 31.3 Å². The third-order valence-corrected chi connectivity index (χ3v) is 5.22. The van der Waals surface area contributed by atoms with E-state index in [4.69, 9.17) is 19.9 Å². The van der Waals surface area contributed by atoms with Crippen LogP contribution in [0.5, 0.6) is 5.75 Å². The minimum absolute atomic E-state index is 0.0855. The summed E-state index contributed by atoms with van der Waals surface area (Å²) in [6.45, 7) is 15.7. The van der Waals surface area contributed by atoms with Crippen molar-refractivity contribution in [1.29, 1.82) is 0 Å². The Morgan fingerprint density at radius 3 is 2.50 bits per heavy atom. The molecule has 1 aromatic rings. The highest BCUT2D eigenvalue weighted by molar-refractivity contribution is 5.48. The topological polar surface area (TPSA) is 114 Å². The van der Waals surface area contributed by atoms with Gasteiger partial charge in [-0.25, -0.2) is 0 Å². The maximum absolute atomic E-state index is 5.89. The number of likely N-dealkylation sites (N-methyl/N-ethyl adjacent to an activating group) is 1. The Labute approximate surface area is 207 Å². The highest BCUT2D eigenvalue weighted by atomic mass is 16.5. The summed E-state index contributed by atoms with van der Waals surface area (Å²) in [5, 5.41) is 17.2. The molecule has 0 radical (unpaired) electrons. The molecule has 1 rings (SSSR count). The van der Waals surface area contributed by atoms with Crippen LogP contribution in [0.1, 0.15) is 27.2 Å². The highest BCUT2D eigenvalue weighted by Gasteiger charge is 2.17. The quantitative estimate of drug-likeness (QED) is 0.127. The first kappa shape index (κ1) is 30.6. The van der Waals surface area contributed by atoms with Crippen molar-refractivity contribution >= 4 is 5.69 Å². The number of ether oxygens (including phenoxy) is 3. The molecule has 1 unspecified atom stereocenters. The van der Waals surface area contributed by atoms with Gasteiger partial charge in [0.25, 0.3) is 0 Å². The Kier molecular flexibility index (Phi) is 17.8. The van der Waals surface area contributed by atoms with Crippen LogP contribution in [0.2, 0.25) is 0 Å². The van der Waals surface area contributed by atoms with E-state index in [1.165, 1.54) is 0 Å². The van der Waals surface area contributed by atoms with Crippen molar-refractivity contribution in [1.82, 2.24) is 21.3 Å². The predicted molar refractivity (Wildman–Crippen MR) is 142 cm³/mol. The first-order valence-corrected chi connectivity index (χ1v) is 12.6. The molecule has 0 bridgehead atoms. The molecular weight excluding hydrogens is 432 g/mol. The van der Waals surface area contributed by atoms with Crippen LogP contribution >= 0.6 is 0 Å². The summed E-state index contributed by atoms with van der Waals surface area (Å²) in [5.41, 5.74) is 6.48. The standard InChI is InChI=1S/C25H50N6O3/c1-22(30-21-25(2,3)31-12-11-27-4)8-10-28-13-17-34-24-7-5-6-23(20-24)29-14-16-33-19-18-32-15-9-26/h5-7,20,22,27-31H,8-19,21,26H2,1-4H3. The number of hydrogen-bond acceptors (Lipinski definition) is 9. The summed E-state index contributed by atoms with van der Waals surface area (Å²) in [5.74, 6) is 0.867. The van der Waals surface area contributed by atoms with Crippen LogP contribution in [0.25, 0.3) is 0 Å². The lowest BCUT2D eigenvalue weighted by molar-refractivity contribution is 0.0548. The number of nitrogens with one attached hydrogen (secondary N) is 5. The summed E-state index contributed by atoms with van der Waals surface area (Å²) in [6, 6.07) is 8.48. The minimum Gasteiger partial charge on any atom is -0.492 e. The molecule has 0 saturated heterocycles. The molecule has 1 aromatic carbocycles. The van der Waals surface area contributed by atoms with Gasteiger partial charge in [0.2, 0.25) is 0 Å². The van der Waals surface area contributed by atoms with E-state index in [2.05, 4.69) is 47.4 Å². The van der Waals surface area contributed by atoms with Gasteiger partial charge in [0.05, 0.1) is 26.4 Å². The van der Waals surface area contributed by atoms with E-state index >= 15 is 0 Å². The van der Waals surface area contributed by atoms with E-state index in [9.17, 15) is 0 Å². The number of nitrogens with two attached hydrogens (primary N) is 1. The van der Waals surface area contributed by atoms with Gasteiger partial charge in [-0.05, 0) is 52.9 Å². The molecule has 0 aliphatic heterocycles. The molecule has 0 aromatic heterocycles. The average molecular weight is 483 g/mol. The molecule has 0 spiro atoms. The fourth-order valence-corrected chi connectivity index (χ4v) is 3.17. The lowest BCUT2D eigenvalue weighted by Crippen LogP contribution is -2.51. The Hall–Kier alpha value is -1.46. The van der Waals surface area contributed by atoms with E-state index in [1.54, 1.807) is 0 Å². The van der Waals surface area contributed by atoms with Gasteiger partial charge in [0, 0.05) is 62.6 Å². The van der Waals surface area contributed by atoms with Gasteiger partial charge < -0.3 is 46.5 Å². The van der Waals surface area contributed by atoms with Crippen molar-refractivity contribution in [2.24, 2.45) is 5.73 Å². The third-order valence-electron chi connectivity index (χ3n) is 5.22. The van der Waals surface area contributed by atoms with Crippen molar-refractivity contribution < 1.29 is 14.2 Å². The summed E-state index contributed by atoms with van der Waals surface area (Å²) in [7, 11) is 1.98.